The van der Waals surface area contributed by atoms with Gasteiger partial charge >= 0.3 is 5.97 Å². The average Bonchev–Trinajstić information content (AvgIpc) is 2.28. The number of aliphatic hydroxyl groups is 1. The second-order valence-electron chi connectivity index (χ2n) is 3.33. The van der Waals surface area contributed by atoms with Crippen LogP contribution in [0.3, 0.4) is 0 Å². The van der Waals surface area contributed by atoms with E-state index in [1.165, 1.54) is 12.1 Å². The normalized spacial score (nSPS) is 12.2. The monoisotopic (exact) mass is 320 g/mol. The molecule has 0 aliphatic carbocycles. The molecule has 0 aliphatic heterocycles. The van der Waals surface area contributed by atoms with Crippen molar-refractivity contribution in [2.75, 3.05) is 5.88 Å². The van der Waals surface area contributed by atoms with E-state index in [-0.39, 0.29) is 29.2 Å². The number of aliphatic carboxylic acids is 1. The van der Waals surface area contributed by atoms with Crippen LogP contribution in [-0.4, -0.2) is 27.8 Å². The van der Waals surface area contributed by atoms with Gasteiger partial charge in [0.1, 0.15) is 0 Å². The molecular formula is C11H10BrClO4. The average molecular weight is 322 g/mol. The Bertz CT molecular complexity index is 447. The van der Waals surface area contributed by atoms with Gasteiger partial charge in [0.05, 0.1) is 0 Å². The Balaban J connectivity index is 3.21. The third-order valence-corrected chi connectivity index (χ3v) is 2.85. The van der Waals surface area contributed by atoms with Crippen LogP contribution in [0.15, 0.2) is 22.7 Å². The van der Waals surface area contributed by atoms with E-state index in [0.29, 0.717) is 4.47 Å². The van der Waals surface area contributed by atoms with Crippen molar-refractivity contribution in [2.45, 2.75) is 12.5 Å². The van der Waals surface area contributed by atoms with Crippen LogP contribution in [0.2, 0.25) is 0 Å². The van der Waals surface area contributed by atoms with Crippen LogP contribution in [0.4, 0.5) is 0 Å². The first-order valence-electron chi connectivity index (χ1n) is 4.77. The van der Waals surface area contributed by atoms with Gasteiger partial charge in [-0.2, -0.15) is 0 Å². The molecule has 1 unspecified atom stereocenters. The number of halogens is 2. The summed E-state index contributed by atoms with van der Waals surface area (Å²) in [6.45, 7) is 0. The van der Waals surface area contributed by atoms with E-state index in [9.17, 15) is 14.7 Å². The summed E-state index contributed by atoms with van der Waals surface area (Å²) in [7, 11) is 0. The molecule has 0 heterocycles. The highest BCUT2D eigenvalue weighted by molar-refractivity contribution is 9.10. The van der Waals surface area contributed by atoms with Gasteiger partial charge in [-0.05, 0) is 12.1 Å². The van der Waals surface area contributed by atoms with Crippen LogP contribution in [0.5, 0.6) is 0 Å². The number of carboxylic acids is 1. The number of carbonyl (C=O) groups excluding carboxylic acids is 1. The number of benzene rings is 1. The predicted octanol–water partition coefficient (Wildman–Crippen LogP) is 2.38. The molecule has 1 rings (SSSR count). The highest BCUT2D eigenvalue weighted by Crippen LogP contribution is 2.24. The number of carbonyl (C=O) groups is 2. The molecular weight excluding hydrogens is 311 g/mol. The first-order valence-corrected chi connectivity index (χ1v) is 6.09. The van der Waals surface area contributed by atoms with E-state index in [0.717, 1.165) is 0 Å². The van der Waals surface area contributed by atoms with Crippen molar-refractivity contribution < 1.29 is 19.8 Å². The zero-order valence-corrected chi connectivity index (χ0v) is 11.0. The van der Waals surface area contributed by atoms with Crippen molar-refractivity contribution in [3.63, 3.8) is 0 Å². The van der Waals surface area contributed by atoms with Gasteiger partial charge in [-0.3, -0.25) is 4.79 Å². The molecule has 4 nitrogen and oxygen atoms in total. The molecule has 1 atom stereocenters. The first kappa shape index (κ1) is 14.2. The Labute approximate surface area is 111 Å². The molecule has 92 valence electrons. The number of alkyl halides is 1. The lowest BCUT2D eigenvalue weighted by Gasteiger charge is -2.11. The molecule has 0 aromatic heterocycles. The molecule has 0 bridgehead atoms. The minimum absolute atomic E-state index is 0.0795. The van der Waals surface area contributed by atoms with Crippen molar-refractivity contribution in [3.05, 3.63) is 33.8 Å². The molecule has 6 heteroatoms. The first-order chi connectivity index (χ1) is 7.97. The molecule has 2 N–H and O–H groups in total. The fourth-order valence-corrected chi connectivity index (χ4v) is 1.89. The second-order valence-corrected chi connectivity index (χ2v) is 4.63. The van der Waals surface area contributed by atoms with Gasteiger partial charge in [0, 0.05) is 27.9 Å². The predicted molar refractivity (Wildman–Crippen MR) is 66.4 cm³/mol. The lowest BCUT2D eigenvalue weighted by Crippen LogP contribution is -2.15. The van der Waals surface area contributed by atoms with Gasteiger partial charge in [0.15, 0.2) is 11.9 Å². The Morgan fingerprint density at radius 1 is 1.41 bits per heavy atom. The van der Waals surface area contributed by atoms with E-state index in [2.05, 4.69) is 15.9 Å². The number of aliphatic hydroxyl groups excluding tert-OH is 1. The summed E-state index contributed by atoms with van der Waals surface area (Å²) in [6, 6.07) is 4.46. The van der Waals surface area contributed by atoms with Crippen molar-refractivity contribution >= 4 is 39.3 Å². The number of hydrogen-bond donors (Lipinski definition) is 2. The maximum atomic E-state index is 11.7. The zero-order chi connectivity index (χ0) is 13.0. The Morgan fingerprint density at radius 3 is 2.59 bits per heavy atom. The summed E-state index contributed by atoms with van der Waals surface area (Å²) >= 11 is 8.66. The van der Waals surface area contributed by atoms with Gasteiger partial charge in [0.2, 0.25) is 0 Å². The van der Waals surface area contributed by atoms with Gasteiger partial charge in [-0.15, -0.1) is 11.6 Å². The van der Waals surface area contributed by atoms with E-state index in [1.54, 1.807) is 6.07 Å². The maximum Gasteiger partial charge on any atom is 0.337 e. The summed E-state index contributed by atoms with van der Waals surface area (Å²) in [4.78, 5) is 22.5. The summed E-state index contributed by atoms with van der Waals surface area (Å²) in [5.41, 5.74) is 0.255. The minimum Gasteiger partial charge on any atom is -0.479 e. The third kappa shape index (κ3) is 3.52. The quantitative estimate of drug-likeness (QED) is 0.645. The second kappa shape index (κ2) is 6.14. The van der Waals surface area contributed by atoms with Gasteiger partial charge in [-0.25, -0.2) is 4.79 Å². The topological polar surface area (TPSA) is 74.6 Å². The molecule has 0 radical (unpaired) electrons. The number of carboxylic acid groups (broad SMARTS) is 1. The number of hydrogen-bond acceptors (Lipinski definition) is 3. The summed E-state index contributed by atoms with van der Waals surface area (Å²) in [5.74, 6) is -1.54. The maximum absolute atomic E-state index is 11.7. The van der Waals surface area contributed by atoms with Crippen LogP contribution >= 0.6 is 27.5 Å². The van der Waals surface area contributed by atoms with Gasteiger partial charge < -0.3 is 10.2 Å². The number of ketones is 1. The highest BCUT2D eigenvalue weighted by atomic mass is 79.9. The molecule has 1 aromatic rings. The molecule has 0 saturated heterocycles. The minimum atomic E-state index is -1.71. The lowest BCUT2D eigenvalue weighted by atomic mass is 9.98. The van der Waals surface area contributed by atoms with Crippen LogP contribution in [0.25, 0.3) is 0 Å². The van der Waals surface area contributed by atoms with Gasteiger partial charge in [-0.1, -0.05) is 22.0 Å². The Morgan fingerprint density at radius 2 is 2.06 bits per heavy atom. The Kier molecular flexibility index (Phi) is 5.11. The molecule has 0 saturated carbocycles. The summed E-state index contributed by atoms with van der Waals surface area (Å²) in [5, 5.41) is 18.2. The van der Waals surface area contributed by atoms with E-state index >= 15 is 0 Å². The lowest BCUT2D eigenvalue weighted by molar-refractivity contribution is -0.146. The smallest absolute Gasteiger partial charge is 0.337 e. The fraction of sp³-hybridized carbons (Fsp3) is 0.273. The van der Waals surface area contributed by atoms with Gasteiger partial charge in [0.25, 0.3) is 0 Å². The van der Waals surface area contributed by atoms with Crippen LogP contribution in [-0.2, 0) is 4.79 Å². The van der Waals surface area contributed by atoms with Crippen LogP contribution < -0.4 is 0 Å². The molecule has 1 aromatic carbocycles. The highest BCUT2D eigenvalue weighted by Gasteiger charge is 2.22. The van der Waals surface area contributed by atoms with E-state index in [1.807, 2.05) is 0 Å². The summed E-state index contributed by atoms with van der Waals surface area (Å²) in [6.07, 6.45) is -1.62. The molecule has 17 heavy (non-hydrogen) atoms. The van der Waals surface area contributed by atoms with E-state index < -0.39 is 12.1 Å². The zero-order valence-electron chi connectivity index (χ0n) is 8.69. The molecule has 0 spiro atoms. The number of rotatable bonds is 5. The van der Waals surface area contributed by atoms with Crippen LogP contribution in [0, 0.1) is 0 Å². The number of Topliss-reactive ketones (excluding diaryl/α,β-unsaturated/α-hetero) is 1. The van der Waals surface area contributed by atoms with Crippen molar-refractivity contribution in [1.82, 2.24) is 0 Å². The van der Waals surface area contributed by atoms with Crippen LogP contribution in [0.1, 0.15) is 28.4 Å². The van der Waals surface area contributed by atoms with E-state index in [4.69, 9.17) is 16.7 Å². The molecule has 0 amide bonds. The standard InChI is InChI=1S/C11H10BrClO4/c12-6-1-2-7(10(15)11(16)17)8(5-6)9(14)3-4-13/h1-2,5,10,15H,3-4H2,(H,16,17). The SMILES string of the molecule is O=C(CCCl)c1cc(Br)ccc1C(O)C(=O)O. The largest absolute Gasteiger partial charge is 0.479 e. The fourth-order valence-electron chi connectivity index (χ4n) is 1.36. The molecule has 0 aliphatic rings. The van der Waals surface area contributed by atoms with Crippen molar-refractivity contribution in [3.8, 4) is 0 Å². The molecule has 0 fully saturated rings. The van der Waals surface area contributed by atoms with Crippen molar-refractivity contribution in [1.29, 1.82) is 0 Å². The Hall–Kier alpha value is -0.910. The third-order valence-electron chi connectivity index (χ3n) is 2.17. The summed E-state index contributed by atoms with van der Waals surface area (Å²) < 4.78 is 0.636. The van der Waals surface area contributed by atoms with Crippen molar-refractivity contribution in [2.24, 2.45) is 0 Å².